The molecule has 0 spiro atoms. The van der Waals surface area contributed by atoms with Crippen LogP contribution in [0.2, 0.25) is 0 Å². The normalized spacial score (nSPS) is 20.9. The standard InChI is InChI=1S/C20H13F5IN3O2/c1-10-9-11(19(20(23,24)25)7-8-28(27-19)18(21)22)5-6-14(10)29-16(30)12-3-2-4-13(26)15(12)17(29)31/h2-9,18,27H,1H3. The highest BCUT2D eigenvalue weighted by Crippen LogP contribution is 2.44. The lowest BCUT2D eigenvalue weighted by Gasteiger charge is -2.33. The third kappa shape index (κ3) is 3.21. The van der Waals surface area contributed by atoms with Crippen LogP contribution in [0.15, 0.2) is 48.7 Å². The number of hydrogen-bond donors (Lipinski definition) is 1. The molecule has 0 aromatic heterocycles. The number of hydrazine groups is 1. The van der Waals surface area contributed by atoms with Gasteiger partial charge in [-0.3, -0.25) is 14.6 Å². The van der Waals surface area contributed by atoms with Gasteiger partial charge in [-0.2, -0.15) is 22.0 Å². The Morgan fingerprint density at radius 1 is 1.10 bits per heavy atom. The van der Waals surface area contributed by atoms with Gasteiger partial charge in [0.25, 0.3) is 11.8 Å². The van der Waals surface area contributed by atoms with Crippen molar-refractivity contribution in [2.24, 2.45) is 0 Å². The summed E-state index contributed by atoms with van der Waals surface area (Å²) in [6.07, 6.45) is -3.70. The highest BCUT2D eigenvalue weighted by Gasteiger charge is 2.58. The maximum Gasteiger partial charge on any atom is 0.416 e. The van der Waals surface area contributed by atoms with Gasteiger partial charge in [-0.1, -0.05) is 18.2 Å². The second-order valence-electron chi connectivity index (χ2n) is 7.03. The van der Waals surface area contributed by atoms with E-state index in [4.69, 9.17) is 0 Å². The number of imide groups is 1. The molecule has 5 nitrogen and oxygen atoms in total. The summed E-state index contributed by atoms with van der Waals surface area (Å²) < 4.78 is 68.2. The average molecular weight is 549 g/mol. The van der Waals surface area contributed by atoms with Gasteiger partial charge in [-0.25, -0.2) is 10.3 Å². The van der Waals surface area contributed by atoms with Crippen LogP contribution in [-0.4, -0.2) is 29.5 Å². The fourth-order valence-electron chi connectivity index (χ4n) is 3.68. The number of alkyl halides is 5. The van der Waals surface area contributed by atoms with Gasteiger partial charge in [-0.15, -0.1) is 0 Å². The first-order valence-corrected chi connectivity index (χ1v) is 9.94. The van der Waals surface area contributed by atoms with Crippen molar-refractivity contribution in [2.75, 3.05) is 4.90 Å². The van der Waals surface area contributed by atoms with Crippen molar-refractivity contribution in [2.45, 2.75) is 25.2 Å². The van der Waals surface area contributed by atoms with Crippen molar-refractivity contribution in [3.05, 3.63) is 74.5 Å². The van der Waals surface area contributed by atoms with Gasteiger partial charge in [0.2, 0.25) is 0 Å². The Morgan fingerprint density at radius 3 is 2.35 bits per heavy atom. The van der Waals surface area contributed by atoms with Gasteiger partial charge in [0, 0.05) is 9.77 Å². The van der Waals surface area contributed by atoms with Crippen LogP contribution in [0.25, 0.3) is 0 Å². The molecule has 1 atom stereocenters. The van der Waals surface area contributed by atoms with Crippen LogP contribution in [0.1, 0.15) is 31.8 Å². The molecule has 11 heteroatoms. The van der Waals surface area contributed by atoms with Crippen molar-refractivity contribution >= 4 is 40.1 Å². The summed E-state index contributed by atoms with van der Waals surface area (Å²) in [6, 6.07) is 8.22. The number of carbonyl (C=O) groups is 2. The summed E-state index contributed by atoms with van der Waals surface area (Å²) in [5.41, 5.74) is -0.644. The number of amides is 2. The Bertz CT molecular complexity index is 1130. The zero-order valence-corrected chi connectivity index (χ0v) is 17.8. The number of hydrogen-bond acceptors (Lipinski definition) is 4. The number of halogens is 6. The highest BCUT2D eigenvalue weighted by atomic mass is 127. The Hall–Kier alpha value is -2.54. The third-order valence-corrected chi connectivity index (χ3v) is 6.10. The molecule has 2 aliphatic rings. The largest absolute Gasteiger partial charge is 0.416 e. The van der Waals surface area contributed by atoms with Crippen LogP contribution in [0, 0.1) is 10.5 Å². The fourth-order valence-corrected chi connectivity index (χ4v) is 4.41. The smallest absolute Gasteiger partial charge is 0.268 e. The van der Waals surface area contributed by atoms with E-state index < -0.39 is 30.1 Å². The molecule has 1 unspecified atom stereocenters. The molecule has 0 bridgehead atoms. The molecule has 2 aromatic carbocycles. The molecule has 0 fully saturated rings. The first-order valence-electron chi connectivity index (χ1n) is 8.87. The van der Waals surface area contributed by atoms with E-state index in [0.717, 1.165) is 17.0 Å². The van der Waals surface area contributed by atoms with E-state index in [2.05, 4.69) is 0 Å². The minimum Gasteiger partial charge on any atom is -0.268 e. The van der Waals surface area contributed by atoms with Gasteiger partial charge in [0.15, 0.2) is 5.54 Å². The molecule has 31 heavy (non-hydrogen) atoms. The van der Waals surface area contributed by atoms with Gasteiger partial charge in [0.05, 0.1) is 16.8 Å². The van der Waals surface area contributed by atoms with Gasteiger partial charge >= 0.3 is 12.7 Å². The number of anilines is 1. The summed E-state index contributed by atoms with van der Waals surface area (Å²) in [5, 5.41) is 0.0723. The van der Waals surface area contributed by atoms with Crippen molar-refractivity contribution in [1.82, 2.24) is 10.4 Å². The Labute approximate surface area is 186 Å². The van der Waals surface area contributed by atoms with Crippen molar-refractivity contribution < 1.29 is 31.5 Å². The van der Waals surface area contributed by atoms with Crippen LogP contribution >= 0.6 is 22.6 Å². The van der Waals surface area contributed by atoms with E-state index in [9.17, 15) is 31.5 Å². The number of carbonyl (C=O) groups excluding carboxylic acids is 2. The summed E-state index contributed by atoms with van der Waals surface area (Å²) in [6.45, 7) is -1.73. The lowest BCUT2D eigenvalue weighted by molar-refractivity contribution is -0.200. The maximum absolute atomic E-state index is 13.9. The number of rotatable bonds is 3. The first-order chi connectivity index (χ1) is 14.5. The summed E-state index contributed by atoms with van der Waals surface area (Å²) in [7, 11) is 0. The summed E-state index contributed by atoms with van der Waals surface area (Å²) in [5.74, 6) is -1.16. The van der Waals surface area contributed by atoms with Crippen LogP contribution in [-0.2, 0) is 5.54 Å². The van der Waals surface area contributed by atoms with Crippen LogP contribution in [0.5, 0.6) is 0 Å². The van der Waals surface area contributed by atoms with Gasteiger partial charge < -0.3 is 0 Å². The van der Waals surface area contributed by atoms with E-state index in [1.54, 1.807) is 12.1 Å². The predicted molar refractivity (Wildman–Crippen MR) is 109 cm³/mol. The van der Waals surface area contributed by atoms with Crippen LogP contribution in [0.3, 0.4) is 0 Å². The minimum atomic E-state index is -4.94. The number of nitrogens with one attached hydrogen (secondary N) is 1. The van der Waals surface area contributed by atoms with E-state index in [0.29, 0.717) is 15.8 Å². The molecule has 0 radical (unpaired) electrons. The zero-order valence-electron chi connectivity index (χ0n) is 15.7. The molecule has 2 heterocycles. The first kappa shape index (κ1) is 21.7. The molecule has 0 saturated heterocycles. The molecule has 0 aliphatic carbocycles. The second-order valence-corrected chi connectivity index (χ2v) is 8.19. The molecule has 2 aromatic rings. The quantitative estimate of drug-likeness (QED) is 0.261. The van der Waals surface area contributed by atoms with Crippen LogP contribution in [0.4, 0.5) is 27.6 Å². The molecule has 0 saturated carbocycles. The Kier molecular flexibility index (Phi) is 5.08. The Balaban J connectivity index is 1.76. The second kappa shape index (κ2) is 7.26. The molecule has 4 rings (SSSR count). The van der Waals surface area contributed by atoms with Gasteiger partial charge in [0.1, 0.15) is 0 Å². The molecular weight excluding hydrogens is 536 g/mol. The van der Waals surface area contributed by atoms with Gasteiger partial charge in [-0.05, 0) is 64.9 Å². The summed E-state index contributed by atoms with van der Waals surface area (Å²) >= 11 is 1.93. The maximum atomic E-state index is 13.9. The number of nitrogens with zero attached hydrogens (tertiary/aromatic N) is 2. The molecule has 2 amide bonds. The van der Waals surface area contributed by atoms with Crippen molar-refractivity contribution in [1.29, 1.82) is 0 Å². The minimum absolute atomic E-state index is 0.0723. The van der Waals surface area contributed by atoms with E-state index in [-0.39, 0.29) is 33.0 Å². The molecule has 2 aliphatic heterocycles. The van der Waals surface area contributed by atoms with Crippen LogP contribution < -0.4 is 10.3 Å². The number of benzene rings is 2. The van der Waals surface area contributed by atoms with Crippen molar-refractivity contribution in [3.63, 3.8) is 0 Å². The number of aryl methyl sites for hydroxylation is 1. The lowest BCUT2D eigenvalue weighted by atomic mass is 9.89. The Morgan fingerprint density at radius 2 is 1.81 bits per heavy atom. The topological polar surface area (TPSA) is 52.6 Å². The van der Waals surface area contributed by atoms with E-state index >= 15 is 0 Å². The predicted octanol–water partition coefficient (Wildman–Crippen LogP) is 4.71. The average Bonchev–Trinajstić information content (AvgIpc) is 3.25. The zero-order chi connectivity index (χ0) is 22.7. The lowest BCUT2D eigenvalue weighted by Crippen LogP contribution is -2.55. The monoisotopic (exact) mass is 549 g/mol. The fraction of sp³-hybridized carbons (Fsp3) is 0.200. The number of fused-ring (bicyclic) bond motifs is 1. The molecule has 162 valence electrons. The van der Waals surface area contributed by atoms with Crippen molar-refractivity contribution in [3.8, 4) is 0 Å². The molecular formula is C20H13F5IN3O2. The third-order valence-electron chi connectivity index (χ3n) is 5.21. The molecule has 1 N–H and O–H groups in total. The SMILES string of the molecule is Cc1cc(C2(C(F)(F)F)C=CN(C(F)F)N2)ccc1N1C(=O)c2cccc(I)c2C1=O. The highest BCUT2D eigenvalue weighted by molar-refractivity contribution is 14.1. The van der Waals surface area contributed by atoms with E-state index in [1.807, 2.05) is 28.0 Å². The summed E-state index contributed by atoms with van der Waals surface area (Å²) in [4.78, 5) is 26.6. The van der Waals surface area contributed by atoms with E-state index in [1.165, 1.54) is 19.1 Å².